The Morgan fingerprint density at radius 2 is 2.00 bits per heavy atom. The van der Waals surface area contributed by atoms with Gasteiger partial charge in [0.2, 0.25) is 11.7 Å². The van der Waals surface area contributed by atoms with E-state index < -0.39 is 0 Å². The molecule has 5 heteroatoms. The summed E-state index contributed by atoms with van der Waals surface area (Å²) in [7, 11) is 0. The maximum Gasteiger partial charge on any atom is 0.243 e. The number of hydrogen-bond acceptors (Lipinski definition) is 5. The zero-order valence-corrected chi connectivity index (χ0v) is 12.7. The first-order chi connectivity index (χ1) is 10.2. The fraction of sp³-hybridized carbons (Fsp3) is 0.500. The molecular weight excluding hydrogens is 266 g/mol. The maximum absolute atomic E-state index is 6.15. The number of nitrogens with zero attached hydrogens (tertiary/aromatic N) is 2. The highest BCUT2D eigenvalue weighted by Crippen LogP contribution is 2.22. The van der Waals surface area contributed by atoms with E-state index in [9.17, 15) is 0 Å². The summed E-state index contributed by atoms with van der Waals surface area (Å²) in [6.07, 6.45) is 2.45. The molecule has 0 bridgehead atoms. The lowest BCUT2D eigenvalue weighted by atomic mass is 10.1. The molecule has 2 rings (SSSR count). The molecule has 0 aliphatic heterocycles. The minimum Gasteiger partial charge on any atom is -0.370 e. The van der Waals surface area contributed by atoms with Crippen LogP contribution in [-0.2, 0) is 11.2 Å². The number of aromatic nitrogens is 2. The van der Waals surface area contributed by atoms with Crippen molar-refractivity contribution in [3.05, 3.63) is 47.6 Å². The van der Waals surface area contributed by atoms with Crippen LogP contribution in [0.15, 0.2) is 34.9 Å². The van der Waals surface area contributed by atoms with Gasteiger partial charge >= 0.3 is 0 Å². The highest BCUT2D eigenvalue weighted by Gasteiger charge is 2.21. The van der Waals surface area contributed by atoms with Gasteiger partial charge in [-0.3, -0.25) is 0 Å². The molecule has 0 aliphatic carbocycles. The summed E-state index contributed by atoms with van der Waals surface area (Å²) in [6.45, 7) is 4.70. The van der Waals surface area contributed by atoms with Crippen LogP contribution in [0.1, 0.15) is 56.1 Å². The smallest absolute Gasteiger partial charge is 0.243 e. The lowest BCUT2D eigenvalue weighted by Crippen LogP contribution is -2.14. The Kier molecular flexibility index (Phi) is 5.90. The van der Waals surface area contributed by atoms with E-state index in [4.69, 9.17) is 15.0 Å². The Hall–Kier alpha value is -1.72. The van der Waals surface area contributed by atoms with Crippen LogP contribution in [0.4, 0.5) is 0 Å². The van der Waals surface area contributed by atoms with Gasteiger partial charge in [0.1, 0.15) is 6.10 Å². The topological polar surface area (TPSA) is 74.2 Å². The standard InChI is InChI=1S/C16H23N3O2/c1-3-8-14(20-4-2)15-18-16(21-19-15)13(17)11-12-9-6-5-7-10-12/h5-7,9-10,13-14H,3-4,8,11,17H2,1-2H3/t13-,14?/m1/s1. The number of benzene rings is 1. The molecule has 5 nitrogen and oxygen atoms in total. The summed E-state index contributed by atoms with van der Waals surface area (Å²) in [5, 5.41) is 4.03. The fourth-order valence-corrected chi connectivity index (χ4v) is 2.23. The molecule has 0 saturated heterocycles. The van der Waals surface area contributed by atoms with E-state index in [-0.39, 0.29) is 12.1 Å². The summed E-state index contributed by atoms with van der Waals surface area (Å²) >= 11 is 0. The second-order valence-corrected chi connectivity index (χ2v) is 5.02. The van der Waals surface area contributed by atoms with Crippen molar-refractivity contribution in [3.63, 3.8) is 0 Å². The van der Waals surface area contributed by atoms with E-state index in [2.05, 4.69) is 17.1 Å². The quantitative estimate of drug-likeness (QED) is 0.807. The molecule has 1 unspecified atom stereocenters. The van der Waals surface area contributed by atoms with E-state index in [1.54, 1.807) is 0 Å². The number of nitrogens with two attached hydrogens (primary N) is 1. The minimum absolute atomic E-state index is 0.110. The lowest BCUT2D eigenvalue weighted by molar-refractivity contribution is 0.0477. The summed E-state index contributed by atoms with van der Waals surface area (Å²) < 4.78 is 11.0. The van der Waals surface area contributed by atoms with Crippen LogP contribution in [0.3, 0.4) is 0 Å². The average molecular weight is 289 g/mol. The van der Waals surface area contributed by atoms with Gasteiger partial charge in [-0.15, -0.1) is 0 Å². The third-order valence-electron chi connectivity index (χ3n) is 3.28. The molecule has 2 atom stereocenters. The van der Waals surface area contributed by atoms with Crippen molar-refractivity contribution in [2.45, 2.75) is 45.3 Å². The van der Waals surface area contributed by atoms with Crippen LogP contribution in [0, 0.1) is 0 Å². The molecule has 1 heterocycles. The molecule has 0 amide bonds. The molecule has 1 aromatic heterocycles. The van der Waals surface area contributed by atoms with Crippen LogP contribution in [0.25, 0.3) is 0 Å². The SMILES string of the molecule is CCCC(OCC)c1noc([C@H](N)Cc2ccccc2)n1. The molecular formula is C16H23N3O2. The molecule has 2 N–H and O–H groups in total. The molecule has 0 spiro atoms. The van der Waals surface area contributed by atoms with E-state index in [1.807, 2.05) is 37.3 Å². The summed E-state index contributed by atoms with van der Waals surface area (Å²) in [4.78, 5) is 4.42. The van der Waals surface area contributed by atoms with E-state index in [0.717, 1.165) is 18.4 Å². The van der Waals surface area contributed by atoms with Crippen molar-refractivity contribution in [2.75, 3.05) is 6.61 Å². The maximum atomic E-state index is 6.15. The van der Waals surface area contributed by atoms with Gasteiger partial charge in [0.05, 0.1) is 6.04 Å². The first-order valence-corrected chi connectivity index (χ1v) is 7.49. The normalized spacial score (nSPS) is 14.0. The van der Waals surface area contributed by atoms with Crippen LogP contribution in [-0.4, -0.2) is 16.7 Å². The predicted octanol–water partition coefficient (Wildman–Crippen LogP) is 3.19. The van der Waals surface area contributed by atoms with Gasteiger partial charge in [-0.25, -0.2) is 0 Å². The second-order valence-electron chi connectivity index (χ2n) is 5.02. The Labute approximate surface area is 125 Å². The van der Waals surface area contributed by atoms with Gasteiger partial charge in [0.15, 0.2) is 0 Å². The molecule has 1 aromatic carbocycles. The Balaban J connectivity index is 2.04. The van der Waals surface area contributed by atoms with Crippen molar-refractivity contribution in [2.24, 2.45) is 5.73 Å². The van der Waals surface area contributed by atoms with Gasteiger partial charge in [-0.1, -0.05) is 48.8 Å². The monoisotopic (exact) mass is 289 g/mol. The van der Waals surface area contributed by atoms with Gasteiger partial charge in [0.25, 0.3) is 0 Å². The number of ether oxygens (including phenoxy) is 1. The number of rotatable bonds is 8. The van der Waals surface area contributed by atoms with Crippen molar-refractivity contribution in [1.82, 2.24) is 10.1 Å². The largest absolute Gasteiger partial charge is 0.370 e. The Morgan fingerprint density at radius 3 is 2.67 bits per heavy atom. The Bertz CT molecular complexity index is 521. The third-order valence-corrected chi connectivity index (χ3v) is 3.28. The second kappa shape index (κ2) is 7.90. The minimum atomic E-state index is -0.294. The predicted molar refractivity (Wildman–Crippen MR) is 80.6 cm³/mol. The molecule has 0 fully saturated rings. The summed E-state index contributed by atoms with van der Waals surface area (Å²) in [6, 6.07) is 9.75. The first-order valence-electron chi connectivity index (χ1n) is 7.49. The third kappa shape index (κ3) is 4.37. The summed E-state index contributed by atoms with van der Waals surface area (Å²) in [5.74, 6) is 1.06. The zero-order valence-electron chi connectivity index (χ0n) is 12.7. The van der Waals surface area contributed by atoms with Crippen LogP contribution < -0.4 is 5.73 Å². The van der Waals surface area contributed by atoms with Crippen molar-refractivity contribution in [3.8, 4) is 0 Å². The molecule has 114 valence electrons. The van der Waals surface area contributed by atoms with Gasteiger partial charge < -0.3 is 15.0 Å². The highest BCUT2D eigenvalue weighted by molar-refractivity contribution is 5.16. The highest BCUT2D eigenvalue weighted by atomic mass is 16.5. The van der Waals surface area contributed by atoms with Crippen molar-refractivity contribution < 1.29 is 9.26 Å². The number of hydrogen-bond donors (Lipinski definition) is 1. The molecule has 21 heavy (non-hydrogen) atoms. The average Bonchev–Trinajstić information content (AvgIpc) is 2.98. The van der Waals surface area contributed by atoms with E-state index in [1.165, 1.54) is 0 Å². The van der Waals surface area contributed by atoms with Gasteiger partial charge in [-0.05, 0) is 25.3 Å². The van der Waals surface area contributed by atoms with E-state index in [0.29, 0.717) is 24.7 Å². The first kappa shape index (κ1) is 15.7. The van der Waals surface area contributed by atoms with E-state index >= 15 is 0 Å². The molecule has 0 radical (unpaired) electrons. The van der Waals surface area contributed by atoms with Gasteiger partial charge in [0, 0.05) is 6.61 Å². The summed E-state index contributed by atoms with van der Waals surface area (Å²) in [5.41, 5.74) is 7.30. The van der Waals surface area contributed by atoms with Gasteiger partial charge in [-0.2, -0.15) is 4.98 Å². The van der Waals surface area contributed by atoms with Crippen molar-refractivity contribution in [1.29, 1.82) is 0 Å². The van der Waals surface area contributed by atoms with Crippen LogP contribution in [0.5, 0.6) is 0 Å². The molecule has 0 saturated carbocycles. The molecule has 0 aliphatic rings. The van der Waals surface area contributed by atoms with Crippen LogP contribution >= 0.6 is 0 Å². The van der Waals surface area contributed by atoms with Crippen LogP contribution in [0.2, 0.25) is 0 Å². The lowest BCUT2D eigenvalue weighted by Gasteiger charge is -2.11. The fourth-order valence-electron chi connectivity index (χ4n) is 2.23. The van der Waals surface area contributed by atoms with Crippen molar-refractivity contribution >= 4 is 0 Å². The molecule has 2 aromatic rings. The zero-order chi connectivity index (χ0) is 15.1. The Morgan fingerprint density at radius 1 is 1.24 bits per heavy atom.